The molecule has 1 N–H and O–H groups in total. The number of amides is 1. The largest absolute Gasteiger partial charge is 0.497 e. The Hall–Kier alpha value is -3.35. The summed E-state index contributed by atoms with van der Waals surface area (Å²) in [5.74, 6) is -0.0573. The molecule has 7 heteroatoms. The molecule has 0 unspecified atom stereocenters. The molecule has 0 spiro atoms. The van der Waals surface area contributed by atoms with Crippen molar-refractivity contribution in [3.8, 4) is 11.5 Å². The monoisotopic (exact) mass is 410 g/mol. The number of hydrogen-bond donors (Lipinski definition) is 1. The number of hydrazone groups is 1. The number of aliphatic carboxylic acids is 1. The lowest BCUT2D eigenvalue weighted by atomic mass is 9.97. The average Bonchev–Trinajstić information content (AvgIpc) is 3.22. The van der Waals surface area contributed by atoms with Gasteiger partial charge >= 0.3 is 5.97 Å². The fourth-order valence-electron chi connectivity index (χ4n) is 3.45. The summed E-state index contributed by atoms with van der Waals surface area (Å²) in [5, 5.41) is 15.0. The van der Waals surface area contributed by atoms with Crippen molar-refractivity contribution in [3.63, 3.8) is 0 Å². The van der Waals surface area contributed by atoms with Crippen molar-refractivity contribution in [2.24, 2.45) is 5.10 Å². The zero-order valence-electron chi connectivity index (χ0n) is 17.4. The van der Waals surface area contributed by atoms with Crippen molar-refractivity contribution in [3.05, 3.63) is 59.2 Å². The maximum atomic E-state index is 12.8. The van der Waals surface area contributed by atoms with Gasteiger partial charge in [0.2, 0.25) is 5.91 Å². The summed E-state index contributed by atoms with van der Waals surface area (Å²) in [6, 6.07) is 13.3. The fourth-order valence-corrected chi connectivity index (χ4v) is 3.45. The van der Waals surface area contributed by atoms with Crippen LogP contribution in [0.25, 0.3) is 0 Å². The van der Waals surface area contributed by atoms with Crippen LogP contribution in [0.1, 0.15) is 48.9 Å². The lowest BCUT2D eigenvalue weighted by Gasteiger charge is -2.22. The lowest BCUT2D eigenvalue weighted by molar-refractivity contribution is -0.141. The van der Waals surface area contributed by atoms with Crippen LogP contribution in [0.2, 0.25) is 0 Å². The molecule has 3 rings (SSSR count). The number of benzene rings is 2. The summed E-state index contributed by atoms with van der Waals surface area (Å²) in [4.78, 5) is 23.7. The van der Waals surface area contributed by atoms with Crippen LogP contribution in [0.15, 0.2) is 47.6 Å². The minimum absolute atomic E-state index is 0.100. The van der Waals surface area contributed by atoms with E-state index in [1.165, 1.54) is 10.6 Å². The molecule has 0 fully saturated rings. The number of methoxy groups -OCH3 is 2. The summed E-state index contributed by atoms with van der Waals surface area (Å²) < 4.78 is 10.7. The number of hydrogen-bond acceptors (Lipinski definition) is 5. The minimum Gasteiger partial charge on any atom is -0.497 e. The number of carbonyl (C=O) groups is 2. The van der Waals surface area contributed by atoms with Gasteiger partial charge in [-0.2, -0.15) is 5.10 Å². The summed E-state index contributed by atoms with van der Waals surface area (Å²) in [6.07, 6.45) is 1.11. The van der Waals surface area contributed by atoms with Crippen molar-refractivity contribution in [1.29, 1.82) is 0 Å². The number of carbonyl (C=O) groups excluding carboxylic acids is 1. The van der Waals surface area contributed by atoms with E-state index in [4.69, 9.17) is 14.6 Å². The van der Waals surface area contributed by atoms with E-state index in [1.807, 2.05) is 36.4 Å². The molecule has 2 aromatic carbocycles. The van der Waals surface area contributed by atoms with Gasteiger partial charge in [-0.1, -0.05) is 31.2 Å². The number of carboxylic acids is 1. The molecule has 30 heavy (non-hydrogen) atoms. The molecular formula is C23H26N2O5. The van der Waals surface area contributed by atoms with E-state index in [-0.39, 0.29) is 24.8 Å². The van der Waals surface area contributed by atoms with Gasteiger partial charge in [0.25, 0.3) is 0 Å². The third-order valence-corrected chi connectivity index (χ3v) is 5.18. The zero-order valence-corrected chi connectivity index (χ0v) is 17.4. The van der Waals surface area contributed by atoms with Gasteiger partial charge in [-0.15, -0.1) is 0 Å². The van der Waals surface area contributed by atoms with Crippen LogP contribution in [-0.2, 0) is 16.0 Å². The second kappa shape index (κ2) is 9.43. The Morgan fingerprint density at radius 2 is 1.70 bits per heavy atom. The zero-order chi connectivity index (χ0) is 21.7. The van der Waals surface area contributed by atoms with Gasteiger partial charge in [-0.3, -0.25) is 9.59 Å². The van der Waals surface area contributed by atoms with Gasteiger partial charge < -0.3 is 14.6 Å². The Kier molecular flexibility index (Phi) is 6.72. The standard InChI is InChI=1S/C23H26N2O5/c1-4-15-5-7-16(8-6-15)21-14-20(24-25(21)22(26)9-10-23(27)28)17-11-18(29-2)13-19(12-17)30-3/h5-8,11-13,21H,4,9-10,14H2,1-3H3,(H,27,28)/t21-/m0/s1. The molecule has 0 saturated heterocycles. The molecule has 2 aromatic rings. The number of rotatable bonds is 8. The van der Waals surface area contributed by atoms with Crippen LogP contribution in [-0.4, -0.2) is 41.9 Å². The van der Waals surface area contributed by atoms with Crippen LogP contribution < -0.4 is 9.47 Å². The van der Waals surface area contributed by atoms with Crippen LogP contribution in [0.5, 0.6) is 11.5 Å². The molecule has 1 heterocycles. The van der Waals surface area contributed by atoms with E-state index < -0.39 is 5.97 Å². The second-order valence-corrected chi connectivity index (χ2v) is 7.10. The quantitative estimate of drug-likeness (QED) is 0.715. The van der Waals surface area contributed by atoms with Gasteiger partial charge in [0.1, 0.15) is 11.5 Å². The van der Waals surface area contributed by atoms with E-state index in [0.717, 1.165) is 23.3 Å². The lowest BCUT2D eigenvalue weighted by Crippen LogP contribution is -2.27. The highest BCUT2D eigenvalue weighted by atomic mass is 16.5. The molecular weight excluding hydrogens is 384 g/mol. The maximum Gasteiger partial charge on any atom is 0.303 e. The first-order valence-corrected chi connectivity index (χ1v) is 9.88. The van der Waals surface area contributed by atoms with Gasteiger partial charge in [0.05, 0.1) is 32.4 Å². The molecule has 7 nitrogen and oxygen atoms in total. The highest BCUT2D eigenvalue weighted by Crippen LogP contribution is 2.35. The van der Waals surface area contributed by atoms with Gasteiger partial charge in [-0.05, 0) is 29.7 Å². The first-order chi connectivity index (χ1) is 14.4. The Bertz CT molecular complexity index is 930. The van der Waals surface area contributed by atoms with Crippen LogP contribution in [0.3, 0.4) is 0 Å². The highest BCUT2D eigenvalue weighted by Gasteiger charge is 2.33. The summed E-state index contributed by atoms with van der Waals surface area (Å²) in [6.45, 7) is 2.09. The van der Waals surface area contributed by atoms with Crippen molar-refractivity contribution >= 4 is 17.6 Å². The Balaban J connectivity index is 1.95. The van der Waals surface area contributed by atoms with Crippen LogP contribution >= 0.6 is 0 Å². The molecule has 1 atom stereocenters. The fraction of sp³-hybridized carbons (Fsp3) is 0.348. The number of carboxylic acid groups (broad SMARTS) is 1. The van der Waals surface area contributed by atoms with Gasteiger partial charge in [-0.25, -0.2) is 5.01 Å². The molecule has 158 valence electrons. The first kappa shape index (κ1) is 21.4. The average molecular weight is 410 g/mol. The Morgan fingerprint density at radius 1 is 1.07 bits per heavy atom. The van der Waals surface area contributed by atoms with E-state index in [2.05, 4.69) is 12.0 Å². The smallest absolute Gasteiger partial charge is 0.303 e. The molecule has 1 aliphatic rings. The number of nitrogens with zero attached hydrogens (tertiary/aromatic N) is 2. The summed E-state index contributed by atoms with van der Waals surface area (Å²) in [7, 11) is 3.16. The van der Waals surface area contributed by atoms with Crippen molar-refractivity contribution < 1.29 is 24.2 Å². The third-order valence-electron chi connectivity index (χ3n) is 5.18. The highest BCUT2D eigenvalue weighted by molar-refractivity contribution is 6.03. The molecule has 1 amide bonds. The van der Waals surface area contributed by atoms with Crippen molar-refractivity contribution in [2.75, 3.05) is 14.2 Å². The van der Waals surface area contributed by atoms with Crippen molar-refractivity contribution in [1.82, 2.24) is 5.01 Å². The minimum atomic E-state index is -1.01. The second-order valence-electron chi connectivity index (χ2n) is 7.10. The van der Waals surface area contributed by atoms with Crippen LogP contribution in [0.4, 0.5) is 0 Å². The first-order valence-electron chi connectivity index (χ1n) is 9.88. The number of ether oxygens (including phenoxy) is 2. The van der Waals surface area contributed by atoms with Crippen molar-refractivity contribution in [2.45, 2.75) is 38.6 Å². The maximum absolute atomic E-state index is 12.8. The Labute approximate surface area is 175 Å². The molecule has 0 saturated carbocycles. The number of aryl methyl sites for hydroxylation is 1. The van der Waals surface area contributed by atoms with Gasteiger partial charge in [0.15, 0.2) is 0 Å². The predicted molar refractivity (Wildman–Crippen MR) is 113 cm³/mol. The predicted octanol–water partition coefficient (Wildman–Crippen LogP) is 3.81. The van der Waals surface area contributed by atoms with Gasteiger partial charge in [0, 0.05) is 24.5 Å². The summed E-state index contributed by atoms with van der Waals surface area (Å²) in [5.41, 5.74) is 3.69. The van der Waals surface area contributed by atoms with Crippen LogP contribution in [0, 0.1) is 0 Å². The van der Waals surface area contributed by atoms with E-state index >= 15 is 0 Å². The SMILES string of the molecule is CCc1ccc([C@@H]2CC(c3cc(OC)cc(OC)c3)=NN2C(=O)CCC(=O)O)cc1. The molecule has 0 bridgehead atoms. The molecule has 0 aromatic heterocycles. The Morgan fingerprint density at radius 3 is 2.23 bits per heavy atom. The van der Waals surface area contributed by atoms with E-state index in [1.54, 1.807) is 20.3 Å². The summed E-state index contributed by atoms with van der Waals surface area (Å²) >= 11 is 0. The molecule has 1 aliphatic heterocycles. The molecule has 0 radical (unpaired) electrons. The van der Waals surface area contributed by atoms with E-state index in [9.17, 15) is 9.59 Å². The normalized spacial score (nSPS) is 15.6. The third kappa shape index (κ3) is 4.79. The topological polar surface area (TPSA) is 88.4 Å². The van der Waals surface area contributed by atoms with E-state index in [0.29, 0.717) is 17.9 Å². The molecule has 0 aliphatic carbocycles.